The van der Waals surface area contributed by atoms with Gasteiger partial charge in [0.2, 0.25) is 5.91 Å². The molecule has 2 amide bonds. The number of rotatable bonds is 5. The van der Waals surface area contributed by atoms with Crippen molar-refractivity contribution in [3.63, 3.8) is 0 Å². The van der Waals surface area contributed by atoms with Gasteiger partial charge in [-0.3, -0.25) is 9.59 Å². The monoisotopic (exact) mass is 250 g/mol. The van der Waals surface area contributed by atoms with E-state index in [2.05, 4.69) is 5.32 Å². The minimum absolute atomic E-state index is 0.125. The number of nitrogens with two attached hydrogens (primary N) is 3. The minimum atomic E-state index is -0.593. The fraction of sp³-hybridized carbons (Fsp3) is 0.333. The Hall–Kier alpha value is -2.24. The molecule has 0 atom stereocenters. The normalized spacial score (nSPS) is 11.0. The number of benzene rings is 1. The lowest BCUT2D eigenvalue weighted by molar-refractivity contribution is -0.118. The van der Waals surface area contributed by atoms with Crippen LogP contribution in [0.1, 0.15) is 30.6 Å². The first-order valence-electron chi connectivity index (χ1n) is 5.47. The highest BCUT2D eigenvalue weighted by Gasteiger charge is 2.22. The lowest BCUT2D eigenvalue weighted by atomic mass is 9.98. The molecule has 0 aliphatic carbocycles. The van der Waals surface area contributed by atoms with Crippen molar-refractivity contribution in [1.29, 1.82) is 0 Å². The SMILES string of the molecule is CC(C)(CC(N)=O)Nc1cc(N)ccc1C(N)=O. The molecule has 0 aliphatic rings. The molecule has 0 spiro atoms. The molecule has 1 aromatic rings. The van der Waals surface area contributed by atoms with Crippen LogP contribution in [0, 0.1) is 0 Å². The summed E-state index contributed by atoms with van der Waals surface area (Å²) in [4.78, 5) is 22.2. The average molecular weight is 250 g/mol. The van der Waals surface area contributed by atoms with Crippen LogP contribution in [0.2, 0.25) is 0 Å². The molecule has 0 saturated carbocycles. The van der Waals surface area contributed by atoms with Gasteiger partial charge in [-0.25, -0.2) is 0 Å². The molecule has 0 aliphatic heterocycles. The smallest absolute Gasteiger partial charge is 0.250 e. The second-order valence-electron chi connectivity index (χ2n) is 4.82. The minimum Gasteiger partial charge on any atom is -0.399 e. The highest BCUT2D eigenvalue weighted by Crippen LogP contribution is 2.24. The van der Waals surface area contributed by atoms with Crippen LogP contribution in [0.15, 0.2) is 18.2 Å². The van der Waals surface area contributed by atoms with Crippen LogP contribution in [-0.2, 0) is 4.79 Å². The zero-order valence-electron chi connectivity index (χ0n) is 10.5. The van der Waals surface area contributed by atoms with Crippen molar-refractivity contribution in [3.05, 3.63) is 23.8 Å². The van der Waals surface area contributed by atoms with Crippen LogP contribution in [0.3, 0.4) is 0 Å². The number of carbonyl (C=O) groups is 2. The Morgan fingerprint density at radius 2 is 1.89 bits per heavy atom. The second-order valence-corrected chi connectivity index (χ2v) is 4.82. The summed E-state index contributed by atoms with van der Waals surface area (Å²) in [5.41, 5.74) is 16.8. The van der Waals surface area contributed by atoms with E-state index in [-0.39, 0.29) is 6.42 Å². The van der Waals surface area contributed by atoms with Gasteiger partial charge in [0, 0.05) is 23.3 Å². The van der Waals surface area contributed by atoms with E-state index >= 15 is 0 Å². The first-order valence-corrected chi connectivity index (χ1v) is 5.47. The molecule has 0 saturated heterocycles. The Labute approximate surface area is 106 Å². The van der Waals surface area contributed by atoms with Crippen LogP contribution in [0.4, 0.5) is 11.4 Å². The number of primary amides is 2. The number of nitrogens with one attached hydrogen (secondary N) is 1. The van der Waals surface area contributed by atoms with E-state index in [1.54, 1.807) is 32.0 Å². The van der Waals surface area contributed by atoms with Gasteiger partial charge in [0.25, 0.3) is 5.91 Å². The van der Waals surface area contributed by atoms with Crippen molar-refractivity contribution in [2.75, 3.05) is 11.1 Å². The van der Waals surface area contributed by atoms with E-state index in [0.717, 1.165) is 0 Å². The van der Waals surface area contributed by atoms with E-state index in [1.807, 2.05) is 0 Å². The van der Waals surface area contributed by atoms with Gasteiger partial charge >= 0.3 is 0 Å². The quantitative estimate of drug-likeness (QED) is 0.566. The van der Waals surface area contributed by atoms with Crippen LogP contribution < -0.4 is 22.5 Å². The molecule has 6 heteroatoms. The number of carbonyl (C=O) groups excluding carboxylic acids is 2. The van der Waals surface area contributed by atoms with Crippen LogP contribution >= 0.6 is 0 Å². The van der Waals surface area contributed by atoms with Gasteiger partial charge in [-0.1, -0.05) is 0 Å². The summed E-state index contributed by atoms with van der Waals surface area (Å²) in [5.74, 6) is -0.996. The van der Waals surface area contributed by atoms with Crippen molar-refractivity contribution >= 4 is 23.2 Å². The van der Waals surface area contributed by atoms with Crippen molar-refractivity contribution < 1.29 is 9.59 Å². The fourth-order valence-electron chi connectivity index (χ4n) is 1.72. The molecule has 18 heavy (non-hydrogen) atoms. The third-order valence-electron chi connectivity index (χ3n) is 2.40. The molecule has 0 fully saturated rings. The molecule has 1 aromatic carbocycles. The molecular formula is C12H18N4O2. The summed E-state index contributed by atoms with van der Waals surface area (Å²) in [6.07, 6.45) is 0.125. The summed E-state index contributed by atoms with van der Waals surface area (Å²) < 4.78 is 0. The summed E-state index contributed by atoms with van der Waals surface area (Å²) in [5, 5.41) is 3.06. The maximum Gasteiger partial charge on any atom is 0.250 e. The number of amides is 2. The summed E-state index contributed by atoms with van der Waals surface area (Å²) in [6.45, 7) is 3.59. The van der Waals surface area contributed by atoms with Gasteiger partial charge in [0.1, 0.15) is 0 Å². The van der Waals surface area contributed by atoms with Crippen molar-refractivity contribution in [2.24, 2.45) is 11.5 Å². The van der Waals surface area contributed by atoms with E-state index < -0.39 is 17.4 Å². The fourth-order valence-corrected chi connectivity index (χ4v) is 1.72. The lowest BCUT2D eigenvalue weighted by Gasteiger charge is -2.27. The number of hydrogen-bond donors (Lipinski definition) is 4. The van der Waals surface area contributed by atoms with Gasteiger partial charge in [-0.15, -0.1) is 0 Å². The zero-order valence-corrected chi connectivity index (χ0v) is 10.5. The first-order chi connectivity index (χ1) is 8.21. The van der Waals surface area contributed by atoms with Crippen molar-refractivity contribution in [3.8, 4) is 0 Å². The number of nitrogen functional groups attached to an aromatic ring is 1. The van der Waals surface area contributed by atoms with E-state index in [4.69, 9.17) is 17.2 Å². The maximum atomic E-state index is 11.3. The third kappa shape index (κ3) is 3.65. The summed E-state index contributed by atoms with van der Waals surface area (Å²) in [6, 6.07) is 4.73. The zero-order chi connectivity index (χ0) is 13.9. The largest absolute Gasteiger partial charge is 0.399 e. The molecule has 0 aromatic heterocycles. The van der Waals surface area contributed by atoms with E-state index in [0.29, 0.717) is 16.9 Å². The molecule has 7 N–H and O–H groups in total. The molecular weight excluding hydrogens is 232 g/mol. The van der Waals surface area contributed by atoms with Gasteiger partial charge < -0.3 is 22.5 Å². The Morgan fingerprint density at radius 1 is 1.28 bits per heavy atom. The van der Waals surface area contributed by atoms with Crippen molar-refractivity contribution in [1.82, 2.24) is 0 Å². The highest BCUT2D eigenvalue weighted by atomic mass is 16.1. The molecule has 0 heterocycles. The predicted molar refractivity (Wildman–Crippen MR) is 70.9 cm³/mol. The standard InChI is InChI=1S/C12H18N4O2/c1-12(2,6-10(14)17)16-9-5-7(13)3-4-8(9)11(15)18/h3-5,16H,6,13H2,1-2H3,(H2,14,17)(H2,15,18). The molecule has 98 valence electrons. The molecule has 0 unspecified atom stereocenters. The molecule has 6 nitrogen and oxygen atoms in total. The Kier molecular flexibility index (Phi) is 3.80. The maximum absolute atomic E-state index is 11.3. The summed E-state index contributed by atoms with van der Waals surface area (Å²) >= 11 is 0. The molecule has 0 radical (unpaired) electrons. The Balaban J connectivity index is 3.05. The van der Waals surface area contributed by atoms with E-state index in [9.17, 15) is 9.59 Å². The van der Waals surface area contributed by atoms with Gasteiger partial charge in [0.05, 0.1) is 5.56 Å². The topological polar surface area (TPSA) is 124 Å². The Morgan fingerprint density at radius 3 is 2.39 bits per heavy atom. The Bertz CT molecular complexity index is 483. The van der Waals surface area contributed by atoms with Gasteiger partial charge in [-0.2, -0.15) is 0 Å². The highest BCUT2D eigenvalue weighted by molar-refractivity contribution is 5.99. The van der Waals surface area contributed by atoms with Gasteiger partial charge in [0.15, 0.2) is 0 Å². The van der Waals surface area contributed by atoms with Crippen molar-refractivity contribution in [2.45, 2.75) is 25.8 Å². The van der Waals surface area contributed by atoms with Crippen LogP contribution in [0.25, 0.3) is 0 Å². The lowest BCUT2D eigenvalue weighted by Crippen LogP contribution is -2.36. The number of hydrogen-bond acceptors (Lipinski definition) is 4. The summed E-state index contributed by atoms with van der Waals surface area (Å²) in [7, 11) is 0. The van der Waals surface area contributed by atoms with Gasteiger partial charge in [-0.05, 0) is 32.0 Å². The predicted octanol–water partition coefficient (Wildman–Crippen LogP) is 0.434. The first kappa shape index (κ1) is 13.8. The van der Waals surface area contributed by atoms with Crippen LogP contribution in [0.5, 0.6) is 0 Å². The molecule has 0 bridgehead atoms. The molecule has 1 rings (SSSR count). The van der Waals surface area contributed by atoms with Crippen LogP contribution in [-0.4, -0.2) is 17.4 Å². The average Bonchev–Trinajstić information content (AvgIpc) is 2.13. The van der Waals surface area contributed by atoms with E-state index in [1.165, 1.54) is 0 Å². The number of anilines is 2. The third-order valence-corrected chi connectivity index (χ3v) is 2.40. The second kappa shape index (κ2) is 4.95.